The summed E-state index contributed by atoms with van der Waals surface area (Å²) in [7, 11) is 0. The first kappa shape index (κ1) is 15.2. The molecule has 1 N–H and O–H groups in total. The fourth-order valence-corrected chi connectivity index (χ4v) is 2.35. The van der Waals surface area contributed by atoms with Gasteiger partial charge in [0, 0.05) is 16.2 Å². The summed E-state index contributed by atoms with van der Waals surface area (Å²) in [5.74, 6) is -0.320. The number of amides is 1. The number of carbonyl (C=O) groups is 1. The minimum absolute atomic E-state index is 0.167. The molecule has 1 aromatic heterocycles. The van der Waals surface area contributed by atoms with Crippen molar-refractivity contribution in [3.8, 4) is 0 Å². The third kappa shape index (κ3) is 3.57. The van der Waals surface area contributed by atoms with E-state index in [0.717, 1.165) is 4.47 Å². The second kappa shape index (κ2) is 6.62. The zero-order valence-electron chi connectivity index (χ0n) is 12.0. The maximum Gasteiger partial charge on any atom is 0.248 e. The largest absolute Gasteiger partial charge is 0.463 e. The minimum atomic E-state index is -0.320. The molecule has 1 heterocycles. The molecule has 23 heavy (non-hydrogen) atoms. The number of halogens is 1. The monoisotopic (exact) mass is 369 g/mol. The van der Waals surface area contributed by atoms with E-state index >= 15 is 0 Å². The van der Waals surface area contributed by atoms with E-state index in [1.807, 2.05) is 12.1 Å². The smallest absolute Gasteiger partial charge is 0.248 e. The third-order valence-corrected chi connectivity index (χ3v) is 3.76. The van der Waals surface area contributed by atoms with Crippen molar-refractivity contribution in [3.05, 3.63) is 81.1 Å². The van der Waals surface area contributed by atoms with Crippen LogP contribution in [0.1, 0.15) is 5.56 Å². The van der Waals surface area contributed by atoms with Crippen molar-refractivity contribution < 1.29 is 9.21 Å². The van der Waals surface area contributed by atoms with Crippen LogP contribution in [-0.4, -0.2) is 5.91 Å². The Kier molecular flexibility index (Phi) is 4.39. The number of fused-ring (bicyclic) bond motifs is 1. The first-order valence-corrected chi connectivity index (χ1v) is 7.68. The molecule has 0 fully saturated rings. The Bertz CT molecular complexity index is 942. The highest BCUT2D eigenvalue weighted by Crippen LogP contribution is 2.14. The number of rotatable bonds is 3. The zero-order chi connectivity index (χ0) is 16.2. The van der Waals surface area contributed by atoms with Crippen LogP contribution in [0.2, 0.25) is 0 Å². The summed E-state index contributed by atoms with van der Waals surface area (Å²) in [6.45, 7) is 0. The van der Waals surface area contributed by atoms with Crippen LogP contribution in [0.4, 0.5) is 5.69 Å². The van der Waals surface area contributed by atoms with E-state index in [4.69, 9.17) is 4.42 Å². The maximum atomic E-state index is 12.3. The molecule has 0 aliphatic heterocycles. The summed E-state index contributed by atoms with van der Waals surface area (Å²) in [4.78, 5) is 24.2. The average molecular weight is 370 g/mol. The maximum absolute atomic E-state index is 12.3. The molecule has 0 spiro atoms. The second-order valence-corrected chi connectivity index (χ2v) is 5.76. The topological polar surface area (TPSA) is 59.3 Å². The number of anilines is 1. The molecule has 0 saturated heterocycles. The summed E-state index contributed by atoms with van der Waals surface area (Å²) in [5, 5.41) is 3.21. The van der Waals surface area contributed by atoms with E-state index in [-0.39, 0.29) is 11.3 Å². The van der Waals surface area contributed by atoms with Crippen molar-refractivity contribution in [2.24, 2.45) is 0 Å². The van der Waals surface area contributed by atoms with Crippen molar-refractivity contribution in [1.29, 1.82) is 0 Å². The van der Waals surface area contributed by atoms with Crippen molar-refractivity contribution in [2.75, 3.05) is 5.32 Å². The standard InChI is InChI=1S/C18H12BrNO3/c19-13-6-8-14(9-7-13)20-17(21)10-5-12-11-23-16-4-2-1-3-15(16)18(12)22/h1-11H,(H,20,21)/b10-5+. The lowest BCUT2D eigenvalue weighted by molar-refractivity contribution is -0.111. The highest BCUT2D eigenvalue weighted by molar-refractivity contribution is 9.10. The van der Waals surface area contributed by atoms with E-state index in [0.29, 0.717) is 22.2 Å². The predicted molar refractivity (Wildman–Crippen MR) is 94.3 cm³/mol. The Morgan fingerprint density at radius 3 is 2.61 bits per heavy atom. The van der Waals surface area contributed by atoms with Crippen LogP contribution in [0.5, 0.6) is 0 Å². The minimum Gasteiger partial charge on any atom is -0.463 e. The van der Waals surface area contributed by atoms with E-state index < -0.39 is 0 Å². The molecule has 4 nitrogen and oxygen atoms in total. The van der Waals surface area contributed by atoms with Gasteiger partial charge < -0.3 is 9.73 Å². The molecule has 0 radical (unpaired) electrons. The normalized spacial score (nSPS) is 11.0. The summed E-state index contributed by atoms with van der Waals surface area (Å²) >= 11 is 3.33. The quantitative estimate of drug-likeness (QED) is 0.703. The lowest BCUT2D eigenvalue weighted by Gasteiger charge is -2.02. The lowest BCUT2D eigenvalue weighted by Crippen LogP contribution is -2.09. The number of hydrogen-bond donors (Lipinski definition) is 1. The highest BCUT2D eigenvalue weighted by Gasteiger charge is 2.04. The van der Waals surface area contributed by atoms with Gasteiger partial charge in [0.1, 0.15) is 11.8 Å². The number of benzene rings is 2. The van der Waals surface area contributed by atoms with Crippen molar-refractivity contribution in [3.63, 3.8) is 0 Å². The van der Waals surface area contributed by atoms with Gasteiger partial charge in [-0.05, 0) is 42.5 Å². The number of hydrogen-bond acceptors (Lipinski definition) is 3. The molecule has 0 atom stereocenters. The first-order valence-electron chi connectivity index (χ1n) is 6.89. The molecule has 0 saturated carbocycles. The van der Waals surface area contributed by atoms with Gasteiger partial charge in [0.25, 0.3) is 0 Å². The molecule has 1 amide bonds. The van der Waals surface area contributed by atoms with Gasteiger partial charge in [-0.1, -0.05) is 28.1 Å². The summed E-state index contributed by atoms with van der Waals surface area (Å²) in [5.41, 5.74) is 1.36. The number of para-hydroxylation sites is 1. The fraction of sp³-hybridized carbons (Fsp3) is 0. The van der Waals surface area contributed by atoms with E-state index in [2.05, 4.69) is 21.2 Å². The van der Waals surface area contributed by atoms with Gasteiger partial charge in [-0.2, -0.15) is 0 Å². The van der Waals surface area contributed by atoms with Crippen LogP contribution in [-0.2, 0) is 4.79 Å². The number of carbonyl (C=O) groups excluding carboxylic acids is 1. The molecule has 3 rings (SSSR count). The molecule has 0 aliphatic carbocycles. The highest BCUT2D eigenvalue weighted by atomic mass is 79.9. The zero-order valence-corrected chi connectivity index (χ0v) is 13.5. The molecular formula is C18H12BrNO3. The summed E-state index contributed by atoms with van der Waals surface area (Å²) < 4.78 is 6.33. The van der Waals surface area contributed by atoms with Crippen LogP contribution < -0.4 is 10.7 Å². The molecule has 0 aliphatic rings. The van der Waals surface area contributed by atoms with Crippen molar-refractivity contribution >= 4 is 44.6 Å². The Hall–Kier alpha value is -2.66. The Labute approximate surface area is 140 Å². The Balaban J connectivity index is 1.79. The van der Waals surface area contributed by atoms with Gasteiger partial charge in [-0.15, -0.1) is 0 Å². The molecular weight excluding hydrogens is 358 g/mol. The van der Waals surface area contributed by atoms with Crippen LogP contribution in [0.3, 0.4) is 0 Å². The molecule has 0 bridgehead atoms. The van der Waals surface area contributed by atoms with E-state index in [1.54, 1.807) is 36.4 Å². The molecule has 3 aromatic rings. The van der Waals surface area contributed by atoms with Crippen LogP contribution in [0.25, 0.3) is 17.0 Å². The van der Waals surface area contributed by atoms with Gasteiger partial charge >= 0.3 is 0 Å². The summed E-state index contributed by atoms with van der Waals surface area (Å²) in [6.07, 6.45) is 4.11. The van der Waals surface area contributed by atoms with Gasteiger partial charge in [-0.25, -0.2) is 0 Å². The lowest BCUT2D eigenvalue weighted by atomic mass is 10.1. The van der Waals surface area contributed by atoms with Gasteiger partial charge in [-0.3, -0.25) is 9.59 Å². The van der Waals surface area contributed by atoms with Crippen LogP contribution in [0.15, 0.2) is 74.6 Å². The van der Waals surface area contributed by atoms with Gasteiger partial charge in [0.05, 0.1) is 10.9 Å². The average Bonchev–Trinajstić information content (AvgIpc) is 2.57. The Morgan fingerprint density at radius 2 is 1.83 bits per heavy atom. The van der Waals surface area contributed by atoms with Crippen LogP contribution >= 0.6 is 15.9 Å². The molecule has 2 aromatic carbocycles. The number of nitrogens with one attached hydrogen (secondary N) is 1. The Morgan fingerprint density at radius 1 is 1.09 bits per heavy atom. The SMILES string of the molecule is O=C(/C=C/c1coc2ccccc2c1=O)Nc1ccc(Br)cc1. The van der Waals surface area contributed by atoms with E-state index in [9.17, 15) is 9.59 Å². The molecule has 0 unspecified atom stereocenters. The predicted octanol–water partition coefficient (Wildman–Crippen LogP) is 4.21. The third-order valence-electron chi connectivity index (χ3n) is 3.23. The van der Waals surface area contributed by atoms with Gasteiger partial charge in [0.15, 0.2) is 5.43 Å². The van der Waals surface area contributed by atoms with Crippen molar-refractivity contribution in [2.45, 2.75) is 0 Å². The van der Waals surface area contributed by atoms with Crippen LogP contribution in [0, 0.1) is 0 Å². The molecule has 114 valence electrons. The van der Waals surface area contributed by atoms with Gasteiger partial charge in [0.2, 0.25) is 5.91 Å². The van der Waals surface area contributed by atoms with E-state index in [1.165, 1.54) is 18.4 Å². The fourth-order valence-electron chi connectivity index (χ4n) is 2.09. The first-order chi connectivity index (χ1) is 11.1. The van der Waals surface area contributed by atoms with Crippen molar-refractivity contribution in [1.82, 2.24) is 0 Å². The molecule has 5 heteroatoms. The summed E-state index contributed by atoms with van der Waals surface area (Å²) in [6, 6.07) is 14.2. The second-order valence-electron chi connectivity index (χ2n) is 4.85.